The van der Waals surface area contributed by atoms with E-state index in [9.17, 15) is 4.79 Å². The lowest BCUT2D eigenvalue weighted by Crippen LogP contribution is -2.07. The van der Waals surface area contributed by atoms with E-state index in [-0.39, 0.29) is 5.91 Å². The summed E-state index contributed by atoms with van der Waals surface area (Å²) in [6, 6.07) is 20.3. The zero-order valence-corrected chi connectivity index (χ0v) is 18.5. The van der Waals surface area contributed by atoms with Gasteiger partial charge < -0.3 is 16.0 Å². The third-order valence-electron chi connectivity index (χ3n) is 4.58. The van der Waals surface area contributed by atoms with Gasteiger partial charge in [-0.1, -0.05) is 29.8 Å². The zero-order valence-electron chi connectivity index (χ0n) is 17.8. The van der Waals surface area contributed by atoms with E-state index in [0.717, 1.165) is 16.8 Å². The predicted octanol–water partition coefficient (Wildman–Crippen LogP) is 5.97. The molecule has 0 aliphatic heterocycles. The van der Waals surface area contributed by atoms with Gasteiger partial charge in [0.05, 0.1) is 0 Å². The molecular weight excluding hydrogens is 436 g/mol. The van der Waals surface area contributed by atoms with Crippen LogP contribution in [0.15, 0.2) is 85.3 Å². The minimum absolute atomic E-state index is 0.244. The molecule has 4 aromatic rings. The second-order valence-electron chi connectivity index (χ2n) is 7.18. The molecule has 0 fully saturated rings. The highest BCUT2D eigenvalue weighted by atomic mass is 35.5. The van der Waals surface area contributed by atoms with Crippen LogP contribution >= 0.6 is 11.6 Å². The molecule has 164 valence electrons. The molecule has 0 radical (unpaired) electrons. The molecular formula is C25H21ClN6O. The topological polar surface area (TPSA) is 91.8 Å². The van der Waals surface area contributed by atoms with E-state index in [1.807, 2.05) is 49.4 Å². The summed E-state index contributed by atoms with van der Waals surface area (Å²) in [5.74, 6) is 1.72. The van der Waals surface area contributed by atoms with Crippen molar-refractivity contribution in [3.63, 3.8) is 0 Å². The molecule has 0 aliphatic carbocycles. The van der Waals surface area contributed by atoms with Gasteiger partial charge in [0, 0.05) is 34.7 Å². The van der Waals surface area contributed by atoms with Crippen molar-refractivity contribution in [3.8, 4) is 0 Å². The number of hydrogen-bond acceptors (Lipinski definition) is 6. The minimum Gasteiger partial charge on any atom is -0.340 e. The van der Waals surface area contributed by atoms with Crippen LogP contribution in [0.2, 0.25) is 5.02 Å². The first-order valence-corrected chi connectivity index (χ1v) is 10.6. The quantitative estimate of drug-likeness (QED) is 0.296. The Morgan fingerprint density at radius 2 is 1.55 bits per heavy atom. The number of pyridine rings is 1. The SMILES string of the molecule is Cc1ccnc(Nc2cc(Nc3ccc(NC(=O)/C=C/c4ccccc4Cl)cc3)ncn2)c1. The summed E-state index contributed by atoms with van der Waals surface area (Å²) in [6.45, 7) is 2.00. The molecule has 2 aromatic heterocycles. The number of aryl methyl sites for hydroxylation is 1. The van der Waals surface area contributed by atoms with Gasteiger partial charge in [0.25, 0.3) is 0 Å². The number of carbonyl (C=O) groups excluding carboxylic acids is 1. The van der Waals surface area contributed by atoms with Crippen molar-refractivity contribution in [1.29, 1.82) is 0 Å². The standard InChI is InChI=1S/C25H21ClN6O/c1-17-12-13-27-22(14-17)32-24-15-23(28-16-29-24)30-19-7-9-20(10-8-19)31-25(33)11-6-18-4-2-3-5-21(18)26/h2-16H,1H3,(H,31,33)(H2,27,28,29,30,32)/b11-6+. The molecule has 4 rings (SSSR count). The van der Waals surface area contributed by atoms with Crippen molar-refractivity contribution in [1.82, 2.24) is 15.0 Å². The highest BCUT2D eigenvalue weighted by Crippen LogP contribution is 2.21. The maximum Gasteiger partial charge on any atom is 0.248 e. The smallest absolute Gasteiger partial charge is 0.248 e. The molecule has 2 aromatic carbocycles. The van der Waals surface area contributed by atoms with Gasteiger partial charge in [-0.15, -0.1) is 0 Å². The fourth-order valence-corrected chi connectivity index (χ4v) is 3.17. The largest absolute Gasteiger partial charge is 0.340 e. The molecule has 0 atom stereocenters. The summed E-state index contributed by atoms with van der Waals surface area (Å²) >= 11 is 6.10. The van der Waals surface area contributed by atoms with E-state index in [2.05, 4.69) is 30.9 Å². The van der Waals surface area contributed by atoms with Crippen LogP contribution in [0.25, 0.3) is 6.08 Å². The summed E-state index contributed by atoms with van der Waals surface area (Å²) < 4.78 is 0. The number of aromatic nitrogens is 3. The monoisotopic (exact) mass is 456 g/mol. The first-order chi connectivity index (χ1) is 16.0. The summed E-state index contributed by atoms with van der Waals surface area (Å²) in [5.41, 5.74) is 3.38. The Bertz CT molecular complexity index is 1290. The number of benzene rings is 2. The van der Waals surface area contributed by atoms with Crippen LogP contribution in [0, 0.1) is 6.92 Å². The van der Waals surface area contributed by atoms with Crippen molar-refractivity contribution in [3.05, 3.63) is 101 Å². The Kier molecular flexibility index (Phi) is 6.92. The lowest BCUT2D eigenvalue weighted by atomic mass is 10.2. The normalized spacial score (nSPS) is 10.7. The van der Waals surface area contributed by atoms with E-state index >= 15 is 0 Å². The van der Waals surface area contributed by atoms with Gasteiger partial charge in [-0.05, 0) is 66.6 Å². The number of carbonyl (C=O) groups is 1. The lowest BCUT2D eigenvalue weighted by Gasteiger charge is -2.09. The van der Waals surface area contributed by atoms with E-state index in [1.165, 1.54) is 12.4 Å². The van der Waals surface area contributed by atoms with Crippen LogP contribution in [-0.2, 0) is 4.79 Å². The van der Waals surface area contributed by atoms with Crippen LogP contribution in [-0.4, -0.2) is 20.9 Å². The molecule has 7 nitrogen and oxygen atoms in total. The summed E-state index contributed by atoms with van der Waals surface area (Å²) in [7, 11) is 0. The zero-order chi connectivity index (χ0) is 23.0. The van der Waals surface area contributed by atoms with Gasteiger partial charge in [0.15, 0.2) is 0 Å². The fraction of sp³-hybridized carbons (Fsp3) is 0.0400. The van der Waals surface area contributed by atoms with Gasteiger partial charge in [-0.2, -0.15) is 0 Å². The first kappa shape index (κ1) is 22.0. The Balaban J connectivity index is 1.36. The van der Waals surface area contributed by atoms with Crippen LogP contribution < -0.4 is 16.0 Å². The highest BCUT2D eigenvalue weighted by Gasteiger charge is 2.03. The van der Waals surface area contributed by atoms with Crippen LogP contribution in [0.5, 0.6) is 0 Å². The van der Waals surface area contributed by atoms with Gasteiger partial charge in [-0.3, -0.25) is 4.79 Å². The van der Waals surface area contributed by atoms with E-state index in [1.54, 1.807) is 36.5 Å². The Morgan fingerprint density at radius 3 is 2.30 bits per heavy atom. The van der Waals surface area contributed by atoms with Gasteiger partial charge in [-0.25, -0.2) is 15.0 Å². The summed E-state index contributed by atoms with van der Waals surface area (Å²) in [6.07, 6.45) is 6.35. The molecule has 8 heteroatoms. The summed E-state index contributed by atoms with van der Waals surface area (Å²) in [5, 5.41) is 9.80. The van der Waals surface area contributed by atoms with Crippen molar-refractivity contribution >= 4 is 52.4 Å². The number of halogens is 1. The highest BCUT2D eigenvalue weighted by molar-refractivity contribution is 6.32. The molecule has 0 bridgehead atoms. The second-order valence-corrected chi connectivity index (χ2v) is 7.59. The van der Waals surface area contributed by atoms with Gasteiger partial charge in [0.1, 0.15) is 23.8 Å². The molecule has 2 heterocycles. The van der Waals surface area contributed by atoms with Crippen molar-refractivity contribution < 1.29 is 4.79 Å². The maximum atomic E-state index is 12.2. The number of amides is 1. The van der Waals surface area contributed by atoms with Crippen molar-refractivity contribution in [2.24, 2.45) is 0 Å². The molecule has 3 N–H and O–H groups in total. The van der Waals surface area contributed by atoms with Crippen LogP contribution in [0.3, 0.4) is 0 Å². The molecule has 33 heavy (non-hydrogen) atoms. The average molecular weight is 457 g/mol. The molecule has 0 aliphatic rings. The predicted molar refractivity (Wildman–Crippen MR) is 133 cm³/mol. The fourth-order valence-electron chi connectivity index (χ4n) is 2.97. The molecule has 0 saturated heterocycles. The molecule has 0 spiro atoms. The number of rotatable bonds is 7. The Morgan fingerprint density at radius 1 is 0.848 bits per heavy atom. The molecule has 1 amide bonds. The van der Waals surface area contributed by atoms with E-state index < -0.39 is 0 Å². The Labute approximate surface area is 196 Å². The van der Waals surface area contributed by atoms with E-state index in [0.29, 0.717) is 28.2 Å². The first-order valence-electron chi connectivity index (χ1n) is 10.2. The van der Waals surface area contributed by atoms with Crippen LogP contribution in [0.4, 0.5) is 28.8 Å². The van der Waals surface area contributed by atoms with Crippen LogP contribution in [0.1, 0.15) is 11.1 Å². The van der Waals surface area contributed by atoms with Crippen molar-refractivity contribution in [2.45, 2.75) is 6.92 Å². The van der Waals surface area contributed by atoms with Crippen molar-refractivity contribution in [2.75, 3.05) is 16.0 Å². The third kappa shape index (κ3) is 6.38. The third-order valence-corrected chi connectivity index (χ3v) is 4.93. The van der Waals surface area contributed by atoms with E-state index in [4.69, 9.17) is 11.6 Å². The number of nitrogens with one attached hydrogen (secondary N) is 3. The summed E-state index contributed by atoms with van der Waals surface area (Å²) in [4.78, 5) is 25.0. The Hall–Kier alpha value is -4.23. The lowest BCUT2D eigenvalue weighted by molar-refractivity contribution is -0.111. The number of anilines is 5. The average Bonchev–Trinajstić information content (AvgIpc) is 2.80. The van der Waals surface area contributed by atoms with Gasteiger partial charge >= 0.3 is 0 Å². The minimum atomic E-state index is -0.244. The number of hydrogen-bond donors (Lipinski definition) is 3. The van der Waals surface area contributed by atoms with Gasteiger partial charge in [0.2, 0.25) is 5.91 Å². The molecule has 0 unspecified atom stereocenters. The molecule has 0 saturated carbocycles. The number of nitrogens with zero attached hydrogens (tertiary/aromatic N) is 3. The second kappa shape index (κ2) is 10.4. The maximum absolute atomic E-state index is 12.2.